The monoisotopic (exact) mass is 408 g/mol. The van der Waals surface area contributed by atoms with Crippen LogP contribution in [0.1, 0.15) is 34.7 Å². The Kier molecular flexibility index (Phi) is 5.11. The molecule has 0 spiro atoms. The minimum Gasteiger partial charge on any atom is -0.258 e. The van der Waals surface area contributed by atoms with E-state index in [1.807, 2.05) is 6.92 Å². The fraction of sp³-hybridized carbons (Fsp3) is 0.250. The smallest absolute Gasteiger partial charge is 0.258 e. The first-order chi connectivity index (χ1) is 13.6. The van der Waals surface area contributed by atoms with Gasteiger partial charge in [-0.2, -0.15) is 5.26 Å². The van der Waals surface area contributed by atoms with E-state index >= 15 is 0 Å². The maximum absolute atomic E-state index is 10.9. The summed E-state index contributed by atoms with van der Waals surface area (Å²) in [5, 5.41) is 22.1. The number of allylic oxidation sites excluding steroid dienone is 1. The third-order valence-corrected chi connectivity index (χ3v) is 6.91. The van der Waals surface area contributed by atoms with E-state index in [4.69, 9.17) is 0 Å². The van der Waals surface area contributed by atoms with Gasteiger partial charge in [0.2, 0.25) is 0 Å². The lowest BCUT2D eigenvalue weighted by Gasteiger charge is -2.12. The average Bonchev–Trinajstić information content (AvgIpc) is 3.05. The lowest BCUT2D eigenvalue weighted by molar-refractivity contribution is -0.384. The molecule has 1 aliphatic carbocycles. The van der Waals surface area contributed by atoms with Crippen LogP contribution in [0.15, 0.2) is 35.4 Å². The van der Waals surface area contributed by atoms with Crippen molar-refractivity contribution in [3.8, 4) is 6.07 Å². The standard InChI is InChI=1S/C20H16N4O2S2/c1-12-22-19(18-15-4-2-3-5-17(15)28-20(18)23-12)27-16(10-11-21)13-6-8-14(9-7-13)24(25)26/h6-10H,2-5H2,1H3/b16-10-. The molecular formula is C20H16N4O2S2. The van der Waals surface area contributed by atoms with E-state index in [1.165, 1.54) is 53.3 Å². The predicted molar refractivity (Wildman–Crippen MR) is 111 cm³/mol. The summed E-state index contributed by atoms with van der Waals surface area (Å²) in [7, 11) is 0. The van der Waals surface area contributed by atoms with Gasteiger partial charge in [-0.25, -0.2) is 9.97 Å². The summed E-state index contributed by atoms with van der Waals surface area (Å²) in [6, 6.07) is 8.33. The number of aromatic nitrogens is 2. The fourth-order valence-electron chi connectivity index (χ4n) is 3.38. The molecule has 2 heterocycles. The van der Waals surface area contributed by atoms with Crippen molar-refractivity contribution < 1.29 is 4.92 Å². The van der Waals surface area contributed by atoms with Gasteiger partial charge in [-0.15, -0.1) is 11.3 Å². The number of nitro benzene ring substituents is 1. The molecule has 0 radical (unpaired) electrons. The summed E-state index contributed by atoms with van der Waals surface area (Å²) in [4.78, 5) is 22.9. The third kappa shape index (κ3) is 3.51. The van der Waals surface area contributed by atoms with Crippen LogP contribution in [-0.2, 0) is 12.8 Å². The number of benzene rings is 1. The zero-order chi connectivity index (χ0) is 19.7. The van der Waals surface area contributed by atoms with Gasteiger partial charge in [0.1, 0.15) is 15.7 Å². The highest BCUT2D eigenvalue weighted by Crippen LogP contribution is 2.43. The Morgan fingerprint density at radius 2 is 2.04 bits per heavy atom. The van der Waals surface area contributed by atoms with Gasteiger partial charge in [-0.05, 0) is 55.9 Å². The van der Waals surface area contributed by atoms with E-state index in [0.717, 1.165) is 33.6 Å². The summed E-state index contributed by atoms with van der Waals surface area (Å²) in [6.45, 7) is 1.88. The minimum atomic E-state index is -0.431. The van der Waals surface area contributed by atoms with Crippen molar-refractivity contribution in [3.05, 3.63) is 62.3 Å². The van der Waals surface area contributed by atoms with Crippen LogP contribution in [0.4, 0.5) is 5.69 Å². The molecule has 28 heavy (non-hydrogen) atoms. The molecule has 140 valence electrons. The third-order valence-electron chi connectivity index (χ3n) is 4.66. The highest BCUT2D eigenvalue weighted by Gasteiger charge is 2.22. The second-order valence-corrected chi connectivity index (χ2v) is 8.63. The molecule has 0 saturated heterocycles. The molecular weight excluding hydrogens is 392 g/mol. The number of hydrogen-bond acceptors (Lipinski definition) is 7. The van der Waals surface area contributed by atoms with Gasteiger partial charge in [-0.3, -0.25) is 10.1 Å². The number of thioether (sulfide) groups is 1. The van der Waals surface area contributed by atoms with E-state index in [1.54, 1.807) is 23.5 Å². The van der Waals surface area contributed by atoms with E-state index in [9.17, 15) is 15.4 Å². The minimum absolute atomic E-state index is 0.0252. The van der Waals surface area contributed by atoms with Gasteiger partial charge in [-0.1, -0.05) is 11.8 Å². The van der Waals surface area contributed by atoms with Crippen molar-refractivity contribution >= 4 is 43.9 Å². The van der Waals surface area contributed by atoms with Crippen molar-refractivity contribution in [2.75, 3.05) is 0 Å². The Hall–Kier alpha value is -2.76. The Labute approximate surface area is 170 Å². The first-order valence-electron chi connectivity index (χ1n) is 8.88. The van der Waals surface area contributed by atoms with Gasteiger partial charge in [0.05, 0.1) is 11.0 Å². The predicted octanol–water partition coefficient (Wildman–Crippen LogP) is 5.44. The molecule has 3 aromatic rings. The van der Waals surface area contributed by atoms with Crippen LogP contribution in [0.2, 0.25) is 0 Å². The Balaban J connectivity index is 1.78. The number of thiophene rings is 1. The van der Waals surface area contributed by atoms with Crippen molar-refractivity contribution in [3.63, 3.8) is 0 Å². The molecule has 8 heteroatoms. The van der Waals surface area contributed by atoms with E-state index < -0.39 is 4.92 Å². The Morgan fingerprint density at radius 3 is 2.75 bits per heavy atom. The zero-order valence-corrected chi connectivity index (χ0v) is 16.8. The zero-order valence-electron chi connectivity index (χ0n) is 15.1. The molecule has 1 aliphatic rings. The van der Waals surface area contributed by atoms with Gasteiger partial charge in [0.25, 0.3) is 5.69 Å². The van der Waals surface area contributed by atoms with E-state index in [-0.39, 0.29) is 5.69 Å². The number of nitrogens with zero attached hydrogens (tertiary/aromatic N) is 4. The quantitative estimate of drug-likeness (QED) is 0.187. The molecule has 1 aromatic carbocycles. The van der Waals surface area contributed by atoms with Crippen LogP contribution < -0.4 is 0 Å². The second-order valence-electron chi connectivity index (χ2n) is 6.51. The number of rotatable bonds is 4. The molecule has 0 amide bonds. The number of fused-ring (bicyclic) bond motifs is 3. The molecule has 0 bridgehead atoms. The van der Waals surface area contributed by atoms with Crippen molar-refractivity contribution in [2.45, 2.75) is 37.6 Å². The normalized spacial score (nSPS) is 13.9. The number of nitro groups is 1. The van der Waals surface area contributed by atoms with Crippen LogP contribution in [0.25, 0.3) is 15.1 Å². The maximum atomic E-state index is 10.9. The second kappa shape index (κ2) is 7.70. The summed E-state index contributed by atoms with van der Waals surface area (Å²) < 4.78 is 0. The van der Waals surface area contributed by atoms with Gasteiger partial charge >= 0.3 is 0 Å². The number of aryl methyl sites for hydroxylation is 3. The highest BCUT2D eigenvalue weighted by atomic mass is 32.2. The number of hydrogen-bond donors (Lipinski definition) is 0. The summed E-state index contributed by atoms with van der Waals surface area (Å²) >= 11 is 3.17. The molecule has 0 saturated carbocycles. The molecule has 0 aliphatic heterocycles. The maximum Gasteiger partial charge on any atom is 0.269 e. The van der Waals surface area contributed by atoms with Gasteiger partial charge in [0.15, 0.2) is 0 Å². The molecule has 0 atom stereocenters. The highest BCUT2D eigenvalue weighted by molar-refractivity contribution is 8.08. The molecule has 4 rings (SSSR count). The lowest BCUT2D eigenvalue weighted by atomic mass is 9.97. The molecule has 6 nitrogen and oxygen atoms in total. The Bertz CT molecular complexity index is 1140. The van der Waals surface area contributed by atoms with Gasteiger partial charge < -0.3 is 0 Å². The summed E-state index contributed by atoms with van der Waals surface area (Å²) in [5.41, 5.74) is 2.12. The fourth-order valence-corrected chi connectivity index (χ4v) is 5.83. The SMILES string of the molecule is Cc1nc(S/C(=C\C#N)c2ccc([N+](=O)[O-])cc2)c2c3c(sc2n1)CCCC3. The van der Waals surface area contributed by atoms with Crippen molar-refractivity contribution in [1.82, 2.24) is 9.97 Å². The van der Waals surface area contributed by atoms with Crippen molar-refractivity contribution in [2.24, 2.45) is 0 Å². The van der Waals surface area contributed by atoms with Crippen LogP contribution in [0.5, 0.6) is 0 Å². The van der Waals surface area contributed by atoms with Crippen LogP contribution in [-0.4, -0.2) is 14.9 Å². The molecule has 0 N–H and O–H groups in total. The van der Waals surface area contributed by atoms with Crippen LogP contribution in [0.3, 0.4) is 0 Å². The molecule has 2 aromatic heterocycles. The Morgan fingerprint density at radius 1 is 1.29 bits per heavy atom. The largest absolute Gasteiger partial charge is 0.269 e. The van der Waals surface area contributed by atoms with Crippen LogP contribution >= 0.6 is 23.1 Å². The van der Waals surface area contributed by atoms with Crippen molar-refractivity contribution in [1.29, 1.82) is 5.26 Å². The summed E-state index contributed by atoms with van der Waals surface area (Å²) in [5.74, 6) is 0.702. The average molecular weight is 409 g/mol. The van der Waals surface area contributed by atoms with E-state index in [0.29, 0.717) is 10.7 Å². The topological polar surface area (TPSA) is 92.7 Å². The van der Waals surface area contributed by atoms with Crippen LogP contribution in [0, 0.1) is 28.4 Å². The molecule has 0 unspecified atom stereocenters. The first kappa shape index (κ1) is 18.6. The number of nitriles is 1. The summed E-state index contributed by atoms with van der Waals surface area (Å²) in [6.07, 6.45) is 5.96. The first-order valence-corrected chi connectivity index (χ1v) is 10.5. The van der Waals surface area contributed by atoms with E-state index in [2.05, 4.69) is 16.0 Å². The van der Waals surface area contributed by atoms with Gasteiger partial charge in [0, 0.05) is 33.4 Å². The number of non-ortho nitro benzene ring substituents is 1. The molecule has 0 fully saturated rings. The lowest BCUT2D eigenvalue weighted by Crippen LogP contribution is -1.99.